The second-order valence-corrected chi connectivity index (χ2v) is 4.64. The number of aromatic nitrogens is 1. The van der Waals surface area contributed by atoms with E-state index in [0.29, 0.717) is 17.0 Å². The Balaban J connectivity index is 2.05. The van der Waals surface area contributed by atoms with E-state index < -0.39 is 12.1 Å². The smallest absolute Gasteiger partial charge is 0.355 e. The van der Waals surface area contributed by atoms with Gasteiger partial charge in [0, 0.05) is 18.8 Å². The molecular formula is C16H17NO4. The number of esters is 1. The number of benzene rings is 1. The van der Waals surface area contributed by atoms with E-state index in [2.05, 4.69) is 0 Å². The summed E-state index contributed by atoms with van der Waals surface area (Å²) in [7, 11) is 3.30. The first-order valence-corrected chi connectivity index (χ1v) is 6.53. The lowest BCUT2D eigenvalue weighted by Crippen LogP contribution is -2.25. The van der Waals surface area contributed by atoms with Gasteiger partial charge in [-0.1, -0.05) is 0 Å². The van der Waals surface area contributed by atoms with Gasteiger partial charge in [-0.05, 0) is 43.3 Å². The van der Waals surface area contributed by atoms with Gasteiger partial charge < -0.3 is 14.0 Å². The minimum atomic E-state index is -0.846. The molecule has 0 radical (unpaired) electrons. The first-order valence-electron chi connectivity index (χ1n) is 6.53. The lowest BCUT2D eigenvalue weighted by Gasteiger charge is -2.13. The molecule has 1 aromatic heterocycles. The predicted molar refractivity (Wildman–Crippen MR) is 77.6 cm³/mol. The van der Waals surface area contributed by atoms with E-state index in [1.807, 2.05) is 0 Å². The minimum absolute atomic E-state index is 0.250. The molecule has 0 bridgehead atoms. The van der Waals surface area contributed by atoms with Crippen molar-refractivity contribution >= 4 is 11.8 Å². The Morgan fingerprint density at radius 3 is 2.33 bits per heavy atom. The Morgan fingerprint density at radius 2 is 1.81 bits per heavy atom. The predicted octanol–water partition coefficient (Wildman–Crippen LogP) is 2.46. The molecule has 1 atom stereocenters. The molecule has 0 saturated heterocycles. The van der Waals surface area contributed by atoms with Gasteiger partial charge in [0.05, 0.1) is 7.11 Å². The minimum Gasteiger partial charge on any atom is -0.497 e. The molecule has 0 aliphatic heterocycles. The van der Waals surface area contributed by atoms with E-state index in [0.717, 1.165) is 0 Å². The van der Waals surface area contributed by atoms with E-state index >= 15 is 0 Å². The monoisotopic (exact) mass is 287 g/mol. The van der Waals surface area contributed by atoms with Crippen LogP contribution in [0.15, 0.2) is 42.6 Å². The topological polar surface area (TPSA) is 57.5 Å². The average molecular weight is 287 g/mol. The molecule has 0 aliphatic rings. The number of Topliss-reactive ketones (excluding diaryl/α,β-unsaturated/α-hetero) is 1. The van der Waals surface area contributed by atoms with Crippen molar-refractivity contribution in [2.24, 2.45) is 7.05 Å². The van der Waals surface area contributed by atoms with Crippen LogP contribution in [-0.4, -0.2) is 29.5 Å². The highest BCUT2D eigenvalue weighted by molar-refractivity contribution is 6.01. The van der Waals surface area contributed by atoms with Crippen LogP contribution < -0.4 is 4.74 Å². The summed E-state index contributed by atoms with van der Waals surface area (Å²) >= 11 is 0. The molecule has 0 spiro atoms. The molecule has 0 N–H and O–H groups in total. The number of carbonyl (C=O) groups excluding carboxylic acids is 2. The number of ether oxygens (including phenoxy) is 2. The summed E-state index contributed by atoms with van der Waals surface area (Å²) < 4.78 is 11.9. The van der Waals surface area contributed by atoms with Gasteiger partial charge in [-0.15, -0.1) is 0 Å². The van der Waals surface area contributed by atoms with E-state index in [-0.39, 0.29) is 5.78 Å². The molecule has 1 aromatic carbocycles. The number of nitrogens with zero attached hydrogens (tertiary/aromatic N) is 1. The Hall–Kier alpha value is -2.56. The van der Waals surface area contributed by atoms with Gasteiger partial charge >= 0.3 is 5.97 Å². The lowest BCUT2D eigenvalue weighted by atomic mass is 10.1. The van der Waals surface area contributed by atoms with Crippen LogP contribution in [0.25, 0.3) is 0 Å². The van der Waals surface area contributed by atoms with Gasteiger partial charge in [0.2, 0.25) is 5.78 Å². The molecule has 0 fully saturated rings. The number of carbonyl (C=O) groups is 2. The molecule has 0 aliphatic carbocycles. The molecule has 0 saturated carbocycles. The molecule has 5 heteroatoms. The third-order valence-electron chi connectivity index (χ3n) is 3.18. The van der Waals surface area contributed by atoms with Gasteiger partial charge in [0.15, 0.2) is 6.10 Å². The fraction of sp³-hybridized carbons (Fsp3) is 0.250. The van der Waals surface area contributed by atoms with Crippen LogP contribution in [-0.2, 0) is 11.8 Å². The van der Waals surface area contributed by atoms with Gasteiger partial charge in [-0.25, -0.2) is 4.79 Å². The largest absolute Gasteiger partial charge is 0.497 e. The fourth-order valence-electron chi connectivity index (χ4n) is 1.94. The summed E-state index contributed by atoms with van der Waals surface area (Å²) in [6.07, 6.45) is 0.896. The maximum absolute atomic E-state index is 12.2. The van der Waals surface area contributed by atoms with E-state index in [9.17, 15) is 9.59 Å². The highest BCUT2D eigenvalue weighted by Gasteiger charge is 2.21. The standard InChI is InChI=1S/C16H17NO4/c1-11(21-16(19)14-5-4-10-17(14)2)15(18)12-6-8-13(20-3)9-7-12/h4-11H,1-3H3/t11-/m1/s1. The van der Waals surface area contributed by atoms with Crippen molar-refractivity contribution in [2.75, 3.05) is 7.11 Å². The summed E-state index contributed by atoms with van der Waals surface area (Å²) in [5.74, 6) is -0.0999. The van der Waals surface area contributed by atoms with Crippen molar-refractivity contribution in [1.82, 2.24) is 4.57 Å². The average Bonchev–Trinajstić information content (AvgIpc) is 2.92. The van der Waals surface area contributed by atoms with Gasteiger partial charge in [-0.2, -0.15) is 0 Å². The van der Waals surface area contributed by atoms with Crippen LogP contribution in [0.5, 0.6) is 5.75 Å². The van der Waals surface area contributed by atoms with Crippen LogP contribution in [0.3, 0.4) is 0 Å². The number of hydrogen-bond acceptors (Lipinski definition) is 4. The van der Waals surface area contributed by atoms with Crippen molar-refractivity contribution < 1.29 is 19.1 Å². The second-order valence-electron chi connectivity index (χ2n) is 4.64. The zero-order valence-corrected chi connectivity index (χ0v) is 12.2. The normalized spacial score (nSPS) is 11.8. The fourth-order valence-corrected chi connectivity index (χ4v) is 1.94. The quantitative estimate of drug-likeness (QED) is 0.626. The van der Waals surface area contributed by atoms with Crippen molar-refractivity contribution in [3.63, 3.8) is 0 Å². The lowest BCUT2D eigenvalue weighted by molar-refractivity contribution is 0.0309. The first kappa shape index (κ1) is 14.8. The van der Waals surface area contributed by atoms with E-state index in [1.165, 1.54) is 0 Å². The summed E-state index contributed by atoms with van der Waals surface area (Å²) in [4.78, 5) is 24.2. The van der Waals surface area contributed by atoms with Crippen LogP contribution in [0, 0.1) is 0 Å². The molecule has 21 heavy (non-hydrogen) atoms. The Labute approximate surface area is 123 Å². The van der Waals surface area contributed by atoms with Gasteiger partial charge in [0.1, 0.15) is 11.4 Å². The van der Waals surface area contributed by atoms with Crippen molar-refractivity contribution in [1.29, 1.82) is 0 Å². The number of methoxy groups -OCH3 is 1. The summed E-state index contributed by atoms with van der Waals surface area (Å²) in [5.41, 5.74) is 0.882. The molecule has 110 valence electrons. The number of rotatable bonds is 5. The Kier molecular flexibility index (Phi) is 4.42. The van der Waals surface area contributed by atoms with Crippen LogP contribution in [0.1, 0.15) is 27.8 Å². The molecule has 2 aromatic rings. The van der Waals surface area contributed by atoms with Crippen molar-refractivity contribution in [3.8, 4) is 5.75 Å². The summed E-state index contributed by atoms with van der Waals surface area (Å²) in [5, 5.41) is 0. The first-order chi connectivity index (χ1) is 10.0. The molecular weight excluding hydrogens is 270 g/mol. The van der Waals surface area contributed by atoms with E-state index in [4.69, 9.17) is 9.47 Å². The number of hydrogen-bond donors (Lipinski definition) is 0. The zero-order chi connectivity index (χ0) is 15.4. The molecule has 1 heterocycles. The third kappa shape index (κ3) is 3.31. The second kappa shape index (κ2) is 6.26. The highest BCUT2D eigenvalue weighted by Crippen LogP contribution is 2.14. The summed E-state index contributed by atoms with van der Waals surface area (Å²) in [6, 6.07) is 10.1. The third-order valence-corrected chi connectivity index (χ3v) is 3.18. The molecule has 5 nitrogen and oxygen atoms in total. The van der Waals surface area contributed by atoms with Crippen LogP contribution in [0.2, 0.25) is 0 Å². The van der Waals surface area contributed by atoms with E-state index in [1.54, 1.807) is 68.2 Å². The summed E-state index contributed by atoms with van der Waals surface area (Å²) in [6.45, 7) is 1.56. The highest BCUT2D eigenvalue weighted by atomic mass is 16.5. The number of ketones is 1. The van der Waals surface area contributed by atoms with Crippen LogP contribution in [0.4, 0.5) is 0 Å². The maximum atomic E-state index is 12.2. The SMILES string of the molecule is COc1ccc(C(=O)[C@@H](C)OC(=O)c2cccn2C)cc1. The molecule has 0 amide bonds. The molecule has 2 rings (SSSR count). The van der Waals surface area contributed by atoms with Gasteiger partial charge in [-0.3, -0.25) is 4.79 Å². The van der Waals surface area contributed by atoms with Crippen molar-refractivity contribution in [3.05, 3.63) is 53.9 Å². The van der Waals surface area contributed by atoms with Gasteiger partial charge in [0.25, 0.3) is 0 Å². The molecule has 0 unspecified atom stereocenters. The number of aryl methyl sites for hydroxylation is 1. The zero-order valence-electron chi connectivity index (χ0n) is 12.2. The van der Waals surface area contributed by atoms with Crippen LogP contribution >= 0.6 is 0 Å². The Bertz CT molecular complexity index is 643. The van der Waals surface area contributed by atoms with Crippen molar-refractivity contribution in [2.45, 2.75) is 13.0 Å². The maximum Gasteiger partial charge on any atom is 0.355 e. The Morgan fingerprint density at radius 1 is 1.14 bits per heavy atom.